The second-order valence-electron chi connectivity index (χ2n) is 5.68. The lowest BCUT2D eigenvalue weighted by Gasteiger charge is -2.17. The molecule has 0 spiro atoms. The van der Waals surface area contributed by atoms with Crippen LogP contribution in [0.15, 0.2) is 37.1 Å². The Morgan fingerprint density at radius 3 is 2.91 bits per heavy atom. The van der Waals surface area contributed by atoms with Gasteiger partial charge in [-0.15, -0.1) is 6.58 Å². The van der Waals surface area contributed by atoms with Crippen LogP contribution in [0, 0.1) is 0 Å². The minimum absolute atomic E-state index is 0.179. The third-order valence-electron chi connectivity index (χ3n) is 3.96. The molecule has 2 rings (SSSR count). The van der Waals surface area contributed by atoms with Crippen LogP contribution in [0.5, 0.6) is 5.75 Å². The van der Waals surface area contributed by atoms with Crippen molar-refractivity contribution in [2.45, 2.75) is 33.1 Å². The summed E-state index contributed by atoms with van der Waals surface area (Å²) in [7, 11) is 0. The molecule has 23 heavy (non-hydrogen) atoms. The monoisotopic (exact) mass is 314 g/mol. The van der Waals surface area contributed by atoms with Crippen LogP contribution in [-0.2, 0) is 11.2 Å². The average molecular weight is 314 g/mol. The van der Waals surface area contributed by atoms with Crippen LogP contribution in [0.1, 0.15) is 32.3 Å². The molecule has 0 fully saturated rings. The van der Waals surface area contributed by atoms with Crippen molar-refractivity contribution in [2.24, 2.45) is 0 Å². The number of likely N-dealkylation sites (N-methyl/N-ethyl adjacent to an activating group) is 1. The van der Waals surface area contributed by atoms with Crippen molar-refractivity contribution in [2.75, 3.05) is 19.6 Å². The Morgan fingerprint density at radius 1 is 1.39 bits per heavy atom. The highest BCUT2D eigenvalue weighted by atomic mass is 16.5. The number of aromatic nitrogens is 1. The predicted octanol–water partition coefficient (Wildman–Crippen LogP) is 3.92. The number of H-pyrrole nitrogens is 1. The van der Waals surface area contributed by atoms with Gasteiger partial charge in [-0.05, 0) is 37.1 Å². The molecule has 0 aliphatic carbocycles. The van der Waals surface area contributed by atoms with Gasteiger partial charge in [0.2, 0.25) is 0 Å². The number of ether oxygens (including phenoxy) is 1. The number of aromatic amines is 1. The van der Waals surface area contributed by atoms with Gasteiger partial charge in [-0.2, -0.15) is 0 Å². The summed E-state index contributed by atoms with van der Waals surface area (Å²) >= 11 is 0. The maximum atomic E-state index is 11.6. The van der Waals surface area contributed by atoms with Gasteiger partial charge in [-0.1, -0.05) is 19.9 Å². The molecule has 2 aromatic rings. The van der Waals surface area contributed by atoms with Crippen LogP contribution in [0.25, 0.3) is 10.9 Å². The second kappa shape index (κ2) is 8.53. The quantitative estimate of drug-likeness (QED) is 0.433. The number of nitrogens with one attached hydrogen (secondary N) is 1. The number of hydrogen-bond donors (Lipinski definition) is 1. The summed E-state index contributed by atoms with van der Waals surface area (Å²) in [6, 6.07) is 5.79. The van der Waals surface area contributed by atoms with E-state index in [1.807, 2.05) is 37.4 Å². The molecule has 1 heterocycles. The van der Waals surface area contributed by atoms with E-state index in [1.165, 1.54) is 10.9 Å². The Morgan fingerprint density at radius 2 is 2.22 bits per heavy atom. The fourth-order valence-electron chi connectivity index (χ4n) is 2.66. The first-order valence-corrected chi connectivity index (χ1v) is 8.31. The second-order valence-corrected chi connectivity index (χ2v) is 5.68. The largest absolute Gasteiger partial charge is 0.426 e. The zero-order valence-corrected chi connectivity index (χ0v) is 14.1. The Hall–Kier alpha value is -2.07. The first-order chi connectivity index (χ1) is 11.2. The molecular weight excluding hydrogens is 288 g/mol. The lowest BCUT2D eigenvalue weighted by molar-refractivity contribution is -0.134. The van der Waals surface area contributed by atoms with E-state index >= 15 is 0 Å². The van der Waals surface area contributed by atoms with Crippen molar-refractivity contribution in [1.82, 2.24) is 9.88 Å². The van der Waals surface area contributed by atoms with Gasteiger partial charge in [0.1, 0.15) is 5.75 Å². The van der Waals surface area contributed by atoms with Gasteiger partial charge in [-0.3, -0.25) is 9.69 Å². The highest BCUT2D eigenvalue weighted by Crippen LogP contribution is 2.24. The van der Waals surface area contributed by atoms with Crippen LogP contribution >= 0.6 is 0 Å². The van der Waals surface area contributed by atoms with E-state index in [0.717, 1.165) is 38.0 Å². The Labute approximate surface area is 138 Å². The molecule has 0 aliphatic heterocycles. The molecule has 0 bridgehead atoms. The van der Waals surface area contributed by atoms with Crippen molar-refractivity contribution < 1.29 is 9.53 Å². The molecule has 0 unspecified atom stereocenters. The van der Waals surface area contributed by atoms with E-state index in [0.29, 0.717) is 12.2 Å². The molecule has 0 saturated carbocycles. The van der Waals surface area contributed by atoms with Gasteiger partial charge in [0.05, 0.1) is 0 Å². The summed E-state index contributed by atoms with van der Waals surface area (Å²) in [5.74, 6) is 0.424. The molecular formula is C19H26N2O2. The zero-order chi connectivity index (χ0) is 16.7. The number of carbonyl (C=O) groups is 1. The van der Waals surface area contributed by atoms with Crippen molar-refractivity contribution in [1.29, 1.82) is 0 Å². The molecule has 4 nitrogen and oxygen atoms in total. The van der Waals surface area contributed by atoms with Crippen LogP contribution in [0.3, 0.4) is 0 Å². The normalized spacial score (nSPS) is 11.1. The fraction of sp³-hybridized carbons (Fsp3) is 0.421. The Kier molecular flexibility index (Phi) is 6.41. The van der Waals surface area contributed by atoms with Gasteiger partial charge in [0, 0.05) is 42.7 Å². The number of fused-ring (bicyclic) bond motifs is 1. The molecule has 1 aromatic carbocycles. The van der Waals surface area contributed by atoms with Gasteiger partial charge >= 0.3 is 5.97 Å². The van der Waals surface area contributed by atoms with Crippen molar-refractivity contribution in [3.63, 3.8) is 0 Å². The smallest absolute Gasteiger partial charge is 0.311 e. The minimum Gasteiger partial charge on any atom is -0.426 e. The zero-order valence-electron chi connectivity index (χ0n) is 14.1. The van der Waals surface area contributed by atoms with Gasteiger partial charge in [0.15, 0.2) is 0 Å². The van der Waals surface area contributed by atoms with Crippen molar-refractivity contribution in [3.8, 4) is 5.75 Å². The number of nitrogens with zero attached hydrogens (tertiary/aromatic N) is 1. The summed E-state index contributed by atoms with van der Waals surface area (Å²) in [4.78, 5) is 17.2. The summed E-state index contributed by atoms with van der Waals surface area (Å²) in [5.41, 5.74) is 2.29. The third kappa shape index (κ3) is 4.70. The predicted molar refractivity (Wildman–Crippen MR) is 94.9 cm³/mol. The van der Waals surface area contributed by atoms with E-state index < -0.39 is 0 Å². The number of benzene rings is 1. The summed E-state index contributed by atoms with van der Waals surface area (Å²) in [5, 5.41) is 1.19. The summed E-state index contributed by atoms with van der Waals surface area (Å²) < 4.78 is 5.34. The number of rotatable bonds is 9. The molecule has 1 N–H and O–H groups in total. The maximum Gasteiger partial charge on any atom is 0.311 e. The standard InChI is InChI=1S/C19H26N2O2/c1-4-7-19(22)23-16-8-9-17-15(14-20-18(17)13-16)10-12-21(6-3)11-5-2/h5,8-9,13-14,20H,2,4,6-7,10-12H2,1,3H3. The van der Waals surface area contributed by atoms with Gasteiger partial charge < -0.3 is 9.72 Å². The first-order valence-electron chi connectivity index (χ1n) is 8.31. The molecule has 0 saturated heterocycles. The lowest BCUT2D eigenvalue weighted by atomic mass is 10.1. The van der Waals surface area contributed by atoms with E-state index in [-0.39, 0.29) is 5.97 Å². The van der Waals surface area contributed by atoms with Crippen LogP contribution in [0.2, 0.25) is 0 Å². The van der Waals surface area contributed by atoms with Crippen LogP contribution in [-0.4, -0.2) is 35.5 Å². The van der Waals surface area contributed by atoms with Gasteiger partial charge in [-0.25, -0.2) is 0 Å². The minimum atomic E-state index is -0.179. The van der Waals surface area contributed by atoms with E-state index in [4.69, 9.17) is 4.74 Å². The van der Waals surface area contributed by atoms with E-state index in [2.05, 4.69) is 23.4 Å². The van der Waals surface area contributed by atoms with Crippen LogP contribution < -0.4 is 4.74 Å². The van der Waals surface area contributed by atoms with E-state index in [1.54, 1.807) is 0 Å². The number of carbonyl (C=O) groups excluding carboxylic acids is 1. The lowest BCUT2D eigenvalue weighted by Crippen LogP contribution is -2.25. The fourth-order valence-corrected chi connectivity index (χ4v) is 2.66. The van der Waals surface area contributed by atoms with E-state index in [9.17, 15) is 4.79 Å². The third-order valence-corrected chi connectivity index (χ3v) is 3.96. The molecule has 0 atom stereocenters. The Bertz CT molecular complexity index is 660. The molecule has 124 valence electrons. The molecule has 4 heteroatoms. The highest BCUT2D eigenvalue weighted by molar-refractivity contribution is 5.85. The first kappa shape index (κ1) is 17.3. The average Bonchev–Trinajstić information content (AvgIpc) is 2.94. The Balaban J connectivity index is 2.06. The molecule has 0 aliphatic rings. The topological polar surface area (TPSA) is 45.3 Å². The van der Waals surface area contributed by atoms with Crippen molar-refractivity contribution in [3.05, 3.63) is 42.6 Å². The highest BCUT2D eigenvalue weighted by Gasteiger charge is 2.09. The SMILES string of the molecule is C=CCN(CC)CCc1c[nH]c2cc(OC(=O)CCC)ccc12. The summed E-state index contributed by atoms with van der Waals surface area (Å²) in [6.45, 7) is 10.9. The maximum absolute atomic E-state index is 11.6. The molecule has 0 amide bonds. The van der Waals surface area contributed by atoms with Crippen LogP contribution in [0.4, 0.5) is 0 Å². The molecule has 1 aromatic heterocycles. The van der Waals surface area contributed by atoms with Crippen molar-refractivity contribution >= 4 is 16.9 Å². The van der Waals surface area contributed by atoms with Gasteiger partial charge in [0.25, 0.3) is 0 Å². The number of hydrogen-bond acceptors (Lipinski definition) is 3. The summed E-state index contributed by atoms with van der Waals surface area (Å²) in [6.07, 6.45) is 6.22. The molecule has 0 radical (unpaired) electrons. The number of esters is 1.